The molecule has 0 radical (unpaired) electrons. The number of aromatic nitrogens is 2. The summed E-state index contributed by atoms with van der Waals surface area (Å²) < 4.78 is 18.3. The van der Waals surface area contributed by atoms with Crippen molar-refractivity contribution in [3.63, 3.8) is 0 Å². The summed E-state index contributed by atoms with van der Waals surface area (Å²) in [7, 11) is 3.12. The number of ether oxygens (including phenoxy) is 3. The Morgan fingerprint density at radius 2 is 1.82 bits per heavy atom. The number of esters is 1. The first-order valence-electron chi connectivity index (χ1n) is 11.6. The van der Waals surface area contributed by atoms with E-state index in [1.807, 2.05) is 41.0 Å². The van der Waals surface area contributed by atoms with Crippen LogP contribution in [0.1, 0.15) is 38.8 Å². The van der Waals surface area contributed by atoms with Crippen molar-refractivity contribution < 1.29 is 23.8 Å². The largest absolute Gasteiger partial charge is 0.493 e. The summed E-state index contributed by atoms with van der Waals surface area (Å²) in [5, 5.41) is 0. The molecule has 1 aliphatic rings. The summed E-state index contributed by atoms with van der Waals surface area (Å²) in [5.41, 5.74) is 2.33. The molecule has 0 bridgehead atoms. The monoisotopic (exact) mass is 465 g/mol. The van der Waals surface area contributed by atoms with Gasteiger partial charge in [-0.1, -0.05) is 32.0 Å². The standard InChI is InChI=1S/C26H31N3O5/c1-6-34-25(31)22-23(17-11-12-20(32-4)21(15-17)33-5)29-19-10-8-7-9-18(19)27-26(29)28(24(22)30)14-13-16(2)3/h7-12,15-16,22-23H,6,13-14H2,1-5H3/t22-,23-/m1/s1. The first-order chi connectivity index (χ1) is 16.4. The predicted molar refractivity (Wildman–Crippen MR) is 129 cm³/mol. The molecule has 1 aliphatic heterocycles. The number of para-hydroxylation sites is 2. The van der Waals surface area contributed by atoms with Crippen molar-refractivity contribution in [2.45, 2.75) is 33.2 Å². The van der Waals surface area contributed by atoms with E-state index >= 15 is 0 Å². The Kier molecular flexibility index (Phi) is 6.77. The summed E-state index contributed by atoms with van der Waals surface area (Å²) in [6.45, 7) is 6.60. The van der Waals surface area contributed by atoms with Gasteiger partial charge in [0.05, 0.1) is 37.9 Å². The van der Waals surface area contributed by atoms with Crippen molar-refractivity contribution in [1.82, 2.24) is 9.55 Å². The Hall–Kier alpha value is -3.55. The van der Waals surface area contributed by atoms with Crippen LogP contribution in [0.2, 0.25) is 0 Å². The number of nitrogens with zero attached hydrogens (tertiary/aromatic N) is 3. The Balaban J connectivity index is 1.97. The van der Waals surface area contributed by atoms with E-state index in [-0.39, 0.29) is 12.5 Å². The highest BCUT2D eigenvalue weighted by Gasteiger charge is 2.48. The van der Waals surface area contributed by atoms with E-state index in [0.717, 1.165) is 23.0 Å². The molecular formula is C26H31N3O5. The number of anilines is 1. The van der Waals surface area contributed by atoms with Crippen molar-refractivity contribution >= 4 is 28.9 Å². The number of imidazole rings is 1. The van der Waals surface area contributed by atoms with Crippen molar-refractivity contribution in [3.05, 3.63) is 48.0 Å². The molecule has 4 rings (SSSR count). The second-order valence-corrected chi connectivity index (χ2v) is 8.73. The SMILES string of the molecule is CCOC(=O)[C@H]1C(=O)N(CCC(C)C)c2nc3ccccc3n2[C@@H]1c1ccc(OC)c(OC)c1. The molecule has 3 aromatic rings. The molecule has 2 atom stereocenters. The van der Waals surface area contributed by atoms with Crippen LogP contribution in [-0.4, -0.2) is 48.8 Å². The molecule has 0 saturated heterocycles. The summed E-state index contributed by atoms with van der Waals surface area (Å²) in [4.78, 5) is 33.6. The number of carbonyl (C=O) groups excluding carboxylic acids is 2. The Morgan fingerprint density at radius 3 is 2.50 bits per heavy atom. The molecule has 2 heterocycles. The van der Waals surface area contributed by atoms with Gasteiger partial charge in [0.15, 0.2) is 17.4 Å². The van der Waals surface area contributed by atoms with Crippen molar-refractivity contribution in [2.75, 3.05) is 32.3 Å². The third kappa shape index (κ3) is 4.08. The van der Waals surface area contributed by atoms with Crippen LogP contribution in [0.4, 0.5) is 5.95 Å². The number of fused-ring (bicyclic) bond motifs is 3. The van der Waals surface area contributed by atoms with Crippen LogP contribution in [0.15, 0.2) is 42.5 Å². The number of benzene rings is 2. The highest BCUT2D eigenvalue weighted by molar-refractivity contribution is 6.08. The summed E-state index contributed by atoms with van der Waals surface area (Å²) >= 11 is 0. The first kappa shape index (κ1) is 23.6. The van der Waals surface area contributed by atoms with Crippen LogP contribution in [0.5, 0.6) is 11.5 Å². The van der Waals surface area contributed by atoms with Gasteiger partial charge in [0, 0.05) is 6.54 Å². The summed E-state index contributed by atoms with van der Waals surface area (Å²) in [5.74, 6) is 0.0864. The van der Waals surface area contributed by atoms with Gasteiger partial charge in [-0.15, -0.1) is 0 Å². The number of hydrogen-bond donors (Lipinski definition) is 0. The van der Waals surface area contributed by atoms with E-state index in [0.29, 0.717) is 29.9 Å². The average Bonchev–Trinajstić information content (AvgIpc) is 3.21. The fourth-order valence-corrected chi connectivity index (χ4v) is 4.48. The maximum Gasteiger partial charge on any atom is 0.321 e. The van der Waals surface area contributed by atoms with Gasteiger partial charge < -0.3 is 18.8 Å². The molecule has 0 N–H and O–H groups in total. The molecule has 2 aromatic carbocycles. The van der Waals surface area contributed by atoms with E-state index in [2.05, 4.69) is 13.8 Å². The Labute approximate surface area is 199 Å². The maximum absolute atomic E-state index is 13.9. The summed E-state index contributed by atoms with van der Waals surface area (Å²) in [6.07, 6.45) is 0.783. The molecular weight excluding hydrogens is 434 g/mol. The maximum atomic E-state index is 13.9. The topological polar surface area (TPSA) is 82.9 Å². The van der Waals surface area contributed by atoms with Crippen LogP contribution >= 0.6 is 0 Å². The third-order valence-electron chi connectivity index (χ3n) is 6.16. The second-order valence-electron chi connectivity index (χ2n) is 8.73. The molecule has 1 amide bonds. The third-order valence-corrected chi connectivity index (χ3v) is 6.16. The number of methoxy groups -OCH3 is 2. The van der Waals surface area contributed by atoms with Gasteiger partial charge in [0.25, 0.3) is 0 Å². The smallest absolute Gasteiger partial charge is 0.321 e. The number of amides is 1. The molecule has 34 heavy (non-hydrogen) atoms. The van der Waals surface area contributed by atoms with Crippen LogP contribution in [0.25, 0.3) is 11.0 Å². The normalized spacial score (nSPS) is 17.7. The lowest BCUT2D eigenvalue weighted by atomic mass is 9.89. The molecule has 0 aliphatic carbocycles. The molecule has 8 nitrogen and oxygen atoms in total. The van der Waals surface area contributed by atoms with E-state index in [1.54, 1.807) is 32.1 Å². The molecule has 1 aromatic heterocycles. The first-order valence-corrected chi connectivity index (χ1v) is 11.6. The van der Waals surface area contributed by atoms with E-state index in [4.69, 9.17) is 19.2 Å². The van der Waals surface area contributed by atoms with Gasteiger partial charge in [-0.25, -0.2) is 4.98 Å². The van der Waals surface area contributed by atoms with Crippen LogP contribution in [0, 0.1) is 11.8 Å². The highest BCUT2D eigenvalue weighted by Crippen LogP contribution is 2.43. The lowest BCUT2D eigenvalue weighted by Gasteiger charge is -2.38. The van der Waals surface area contributed by atoms with Gasteiger partial charge in [-0.3, -0.25) is 14.5 Å². The number of carbonyl (C=O) groups is 2. The zero-order valence-corrected chi connectivity index (χ0v) is 20.3. The fraction of sp³-hybridized carbons (Fsp3) is 0.423. The second kappa shape index (κ2) is 9.75. The van der Waals surface area contributed by atoms with Gasteiger partial charge in [-0.2, -0.15) is 0 Å². The van der Waals surface area contributed by atoms with Crippen LogP contribution in [0.3, 0.4) is 0 Å². The number of rotatable bonds is 8. The fourth-order valence-electron chi connectivity index (χ4n) is 4.48. The molecule has 0 fully saturated rings. The molecule has 8 heteroatoms. The van der Waals surface area contributed by atoms with Gasteiger partial charge in [-0.05, 0) is 49.1 Å². The number of hydrogen-bond acceptors (Lipinski definition) is 6. The lowest BCUT2D eigenvalue weighted by Crippen LogP contribution is -2.50. The lowest BCUT2D eigenvalue weighted by molar-refractivity contribution is -0.153. The Morgan fingerprint density at radius 1 is 1.09 bits per heavy atom. The molecule has 180 valence electrons. The van der Waals surface area contributed by atoms with Gasteiger partial charge >= 0.3 is 5.97 Å². The van der Waals surface area contributed by atoms with Crippen molar-refractivity contribution in [1.29, 1.82) is 0 Å². The summed E-state index contributed by atoms with van der Waals surface area (Å²) in [6, 6.07) is 12.5. The molecule has 0 spiro atoms. The predicted octanol–water partition coefficient (Wildman–Crippen LogP) is 4.21. The average molecular weight is 466 g/mol. The van der Waals surface area contributed by atoms with Crippen LogP contribution in [-0.2, 0) is 14.3 Å². The van der Waals surface area contributed by atoms with Crippen LogP contribution < -0.4 is 14.4 Å². The molecule has 0 unspecified atom stereocenters. The van der Waals surface area contributed by atoms with Crippen molar-refractivity contribution in [3.8, 4) is 11.5 Å². The van der Waals surface area contributed by atoms with Gasteiger partial charge in [0.2, 0.25) is 11.9 Å². The van der Waals surface area contributed by atoms with E-state index < -0.39 is 17.9 Å². The minimum Gasteiger partial charge on any atom is -0.493 e. The molecule has 0 saturated carbocycles. The Bertz CT molecular complexity index is 1200. The highest BCUT2D eigenvalue weighted by atomic mass is 16.5. The zero-order valence-electron chi connectivity index (χ0n) is 20.3. The quantitative estimate of drug-likeness (QED) is 0.366. The minimum atomic E-state index is -1.06. The van der Waals surface area contributed by atoms with E-state index in [1.165, 1.54) is 0 Å². The van der Waals surface area contributed by atoms with Gasteiger partial charge in [0.1, 0.15) is 0 Å². The van der Waals surface area contributed by atoms with E-state index in [9.17, 15) is 9.59 Å². The minimum absolute atomic E-state index is 0.185. The van der Waals surface area contributed by atoms with Crippen molar-refractivity contribution in [2.24, 2.45) is 11.8 Å². The zero-order chi connectivity index (χ0) is 24.4.